The van der Waals surface area contributed by atoms with Crippen molar-refractivity contribution in [1.29, 1.82) is 0 Å². The highest BCUT2D eigenvalue weighted by Gasteiger charge is 2.37. The normalized spacial score (nSPS) is 16.1. The molecule has 132 valence electrons. The van der Waals surface area contributed by atoms with Crippen LogP contribution in [-0.4, -0.2) is 47.5 Å². The number of carbonyl (C=O) groups excluding carboxylic acids is 1. The maximum atomic E-state index is 12.5. The van der Waals surface area contributed by atoms with E-state index in [4.69, 9.17) is 14.2 Å². The number of anilines is 1. The molecule has 1 aromatic carbocycles. The summed E-state index contributed by atoms with van der Waals surface area (Å²) in [7, 11) is 4.45. The topological polar surface area (TPSA) is 100 Å². The van der Waals surface area contributed by atoms with Crippen molar-refractivity contribution in [2.24, 2.45) is 0 Å². The van der Waals surface area contributed by atoms with Crippen molar-refractivity contribution in [2.45, 2.75) is 19.4 Å². The molecule has 0 fully saturated rings. The van der Waals surface area contributed by atoms with Crippen LogP contribution in [0.5, 0.6) is 11.5 Å². The standard InChI is InChI=1S/C16H19N5O4/c1-5-10-12(15(22)25-4)13(21-16(17-10)18-19-20-21)9-7-6-8-11(23-2)14(9)24-3/h6-8,13H,5H2,1-4H3,(H,17,18,20)/t13-/m1/s1. The van der Waals surface area contributed by atoms with Crippen molar-refractivity contribution in [1.82, 2.24) is 20.2 Å². The van der Waals surface area contributed by atoms with Gasteiger partial charge in [-0.15, -0.1) is 0 Å². The third-order valence-electron chi connectivity index (χ3n) is 4.09. The molecular weight excluding hydrogens is 326 g/mol. The van der Waals surface area contributed by atoms with Gasteiger partial charge in [-0.1, -0.05) is 24.2 Å². The predicted molar refractivity (Wildman–Crippen MR) is 88.5 cm³/mol. The summed E-state index contributed by atoms with van der Waals surface area (Å²) in [6.45, 7) is 1.94. The first-order chi connectivity index (χ1) is 12.2. The van der Waals surface area contributed by atoms with Gasteiger partial charge in [0, 0.05) is 11.3 Å². The molecule has 9 heteroatoms. The van der Waals surface area contributed by atoms with Crippen LogP contribution in [0.3, 0.4) is 0 Å². The van der Waals surface area contributed by atoms with Gasteiger partial charge in [0.2, 0.25) is 5.95 Å². The summed E-state index contributed by atoms with van der Waals surface area (Å²) in [5.74, 6) is 1.05. The molecule has 0 spiro atoms. The fourth-order valence-electron chi connectivity index (χ4n) is 2.98. The van der Waals surface area contributed by atoms with Crippen molar-refractivity contribution in [3.63, 3.8) is 0 Å². The van der Waals surface area contributed by atoms with E-state index in [2.05, 4.69) is 20.8 Å². The number of rotatable bonds is 5. The Hall–Kier alpha value is -3.10. The summed E-state index contributed by atoms with van der Waals surface area (Å²) in [5.41, 5.74) is 1.82. The smallest absolute Gasteiger partial charge is 0.338 e. The molecule has 3 rings (SSSR count). The number of fused-ring (bicyclic) bond motifs is 1. The number of aromatic nitrogens is 4. The molecule has 1 atom stereocenters. The number of carbonyl (C=O) groups is 1. The number of nitrogens with zero attached hydrogens (tertiary/aromatic N) is 4. The van der Waals surface area contributed by atoms with Gasteiger partial charge < -0.3 is 19.5 Å². The van der Waals surface area contributed by atoms with Crippen LogP contribution in [0.2, 0.25) is 0 Å². The lowest BCUT2D eigenvalue weighted by Gasteiger charge is -2.29. The molecule has 1 aliphatic rings. The monoisotopic (exact) mass is 345 g/mol. The van der Waals surface area contributed by atoms with E-state index in [1.54, 1.807) is 20.3 Å². The average Bonchev–Trinajstić information content (AvgIpc) is 3.13. The molecule has 0 radical (unpaired) electrons. The van der Waals surface area contributed by atoms with Crippen LogP contribution in [0.4, 0.5) is 5.95 Å². The van der Waals surface area contributed by atoms with Crippen LogP contribution in [0.25, 0.3) is 0 Å². The predicted octanol–water partition coefficient (Wildman–Crippen LogP) is 1.54. The first-order valence-corrected chi connectivity index (χ1v) is 7.73. The average molecular weight is 345 g/mol. The molecule has 0 aliphatic carbocycles. The number of esters is 1. The lowest BCUT2D eigenvalue weighted by Crippen LogP contribution is -2.30. The highest BCUT2D eigenvalue weighted by molar-refractivity contribution is 5.92. The lowest BCUT2D eigenvalue weighted by molar-refractivity contribution is -0.136. The first-order valence-electron chi connectivity index (χ1n) is 7.73. The number of hydrogen-bond acceptors (Lipinski definition) is 8. The van der Waals surface area contributed by atoms with Gasteiger partial charge in [0.15, 0.2) is 11.5 Å². The molecule has 1 N–H and O–H groups in total. The number of tetrazole rings is 1. The second kappa shape index (κ2) is 6.80. The molecule has 2 aromatic rings. The lowest BCUT2D eigenvalue weighted by atomic mass is 9.93. The molecule has 25 heavy (non-hydrogen) atoms. The zero-order valence-electron chi connectivity index (χ0n) is 14.4. The van der Waals surface area contributed by atoms with Crippen LogP contribution in [-0.2, 0) is 9.53 Å². The summed E-state index contributed by atoms with van der Waals surface area (Å²) in [6.07, 6.45) is 0.583. The summed E-state index contributed by atoms with van der Waals surface area (Å²) in [5, 5.41) is 14.8. The van der Waals surface area contributed by atoms with Crippen molar-refractivity contribution < 1.29 is 19.0 Å². The Morgan fingerprint density at radius 2 is 2.08 bits per heavy atom. The van der Waals surface area contributed by atoms with E-state index in [0.29, 0.717) is 40.7 Å². The minimum Gasteiger partial charge on any atom is -0.493 e. The largest absolute Gasteiger partial charge is 0.493 e. The van der Waals surface area contributed by atoms with Gasteiger partial charge in [0.05, 0.1) is 26.9 Å². The molecule has 0 saturated carbocycles. The third-order valence-corrected chi connectivity index (χ3v) is 4.09. The van der Waals surface area contributed by atoms with Gasteiger partial charge in [-0.05, 0) is 22.9 Å². The van der Waals surface area contributed by atoms with Crippen LogP contribution in [0.15, 0.2) is 29.5 Å². The molecule has 0 bridgehead atoms. The van der Waals surface area contributed by atoms with Gasteiger partial charge in [0.25, 0.3) is 0 Å². The van der Waals surface area contributed by atoms with E-state index in [9.17, 15) is 4.79 Å². The number of nitrogens with one attached hydrogen (secondary N) is 1. The Balaban J connectivity index is 2.28. The van der Waals surface area contributed by atoms with E-state index >= 15 is 0 Å². The van der Waals surface area contributed by atoms with Crippen LogP contribution in [0, 0.1) is 0 Å². The van der Waals surface area contributed by atoms with Crippen LogP contribution >= 0.6 is 0 Å². The number of ether oxygens (including phenoxy) is 3. The third kappa shape index (κ3) is 2.67. The number of hydrogen-bond donors (Lipinski definition) is 1. The van der Waals surface area contributed by atoms with E-state index in [0.717, 1.165) is 0 Å². The van der Waals surface area contributed by atoms with E-state index < -0.39 is 12.0 Å². The molecule has 2 heterocycles. The maximum Gasteiger partial charge on any atom is 0.338 e. The minimum atomic E-state index is -0.598. The Morgan fingerprint density at radius 1 is 1.28 bits per heavy atom. The fraction of sp³-hybridized carbons (Fsp3) is 0.375. The minimum absolute atomic E-state index is 0.427. The summed E-state index contributed by atoms with van der Waals surface area (Å²) < 4.78 is 17.5. The van der Waals surface area contributed by atoms with Crippen LogP contribution in [0.1, 0.15) is 24.9 Å². The molecular formula is C16H19N5O4. The fourth-order valence-corrected chi connectivity index (χ4v) is 2.98. The summed E-state index contributed by atoms with van der Waals surface area (Å²) in [6, 6.07) is 4.85. The first kappa shape index (κ1) is 16.7. The summed E-state index contributed by atoms with van der Waals surface area (Å²) in [4.78, 5) is 12.5. The van der Waals surface area contributed by atoms with E-state index in [1.807, 2.05) is 19.1 Å². The van der Waals surface area contributed by atoms with E-state index in [-0.39, 0.29) is 0 Å². The van der Waals surface area contributed by atoms with Gasteiger partial charge in [0.1, 0.15) is 6.04 Å². The Bertz CT molecular complexity index is 830. The number of allylic oxidation sites excluding steroid dienone is 1. The highest BCUT2D eigenvalue weighted by atomic mass is 16.5. The number of benzene rings is 1. The molecule has 1 aromatic heterocycles. The quantitative estimate of drug-likeness (QED) is 0.815. The Labute approximate surface area is 144 Å². The molecule has 0 saturated heterocycles. The maximum absolute atomic E-state index is 12.5. The zero-order chi connectivity index (χ0) is 18.0. The number of para-hydroxylation sites is 1. The molecule has 0 amide bonds. The van der Waals surface area contributed by atoms with E-state index in [1.165, 1.54) is 11.8 Å². The highest BCUT2D eigenvalue weighted by Crippen LogP contribution is 2.42. The van der Waals surface area contributed by atoms with Crippen molar-refractivity contribution in [3.05, 3.63) is 35.0 Å². The van der Waals surface area contributed by atoms with Gasteiger partial charge in [-0.3, -0.25) is 0 Å². The summed E-state index contributed by atoms with van der Waals surface area (Å²) >= 11 is 0. The molecule has 9 nitrogen and oxygen atoms in total. The Morgan fingerprint density at radius 3 is 2.72 bits per heavy atom. The van der Waals surface area contributed by atoms with Crippen molar-refractivity contribution >= 4 is 11.9 Å². The molecule has 0 unspecified atom stereocenters. The second-order valence-corrected chi connectivity index (χ2v) is 5.29. The Kier molecular flexibility index (Phi) is 4.55. The van der Waals surface area contributed by atoms with Crippen LogP contribution < -0.4 is 14.8 Å². The van der Waals surface area contributed by atoms with Crippen molar-refractivity contribution in [2.75, 3.05) is 26.6 Å². The van der Waals surface area contributed by atoms with Crippen molar-refractivity contribution in [3.8, 4) is 11.5 Å². The van der Waals surface area contributed by atoms with Gasteiger partial charge in [-0.2, -0.15) is 4.68 Å². The second-order valence-electron chi connectivity index (χ2n) is 5.29. The molecule has 1 aliphatic heterocycles. The van der Waals surface area contributed by atoms with Gasteiger partial charge >= 0.3 is 5.97 Å². The zero-order valence-corrected chi connectivity index (χ0v) is 14.4. The SMILES string of the molecule is CCC1=C(C(=O)OC)[C@@H](c2cccc(OC)c2OC)n2nnnc2N1. The number of methoxy groups -OCH3 is 3. The van der Waals surface area contributed by atoms with Gasteiger partial charge in [-0.25, -0.2) is 4.79 Å².